The van der Waals surface area contributed by atoms with Crippen molar-refractivity contribution in [2.75, 3.05) is 4.90 Å². The maximum absolute atomic E-state index is 6.64. The van der Waals surface area contributed by atoms with Gasteiger partial charge < -0.3 is 9.32 Å². The summed E-state index contributed by atoms with van der Waals surface area (Å²) in [6.07, 6.45) is 0. The van der Waals surface area contributed by atoms with Crippen molar-refractivity contribution < 1.29 is 4.42 Å². The second-order valence-electron chi connectivity index (χ2n) is 17.3. The fraction of sp³-hybridized carbons (Fsp3) is 0.0492. The fourth-order valence-electron chi connectivity index (χ4n) is 9.93. The van der Waals surface area contributed by atoms with Gasteiger partial charge >= 0.3 is 0 Å². The van der Waals surface area contributed by atoms with Crippen LogP contribution in [0.2, 0.25) is 0 Å². The largest absolute Gasteiger partial charge is 0.454 e. The molecule has 0 N–H and O–H groups in total. The zero-order chi connectivity index (χ0) is 42.1. The zero-order valence-electron chi connectivity index (χ0n) is 35.2. The average molecular weight is 806 g/mol. The van der Waals surface area contributed by atoms with Crippen LogP contribution in [-0.2, 0) is 5.41 Å². The van der Waals surface area contributed by atoms with Crippen molar-refractivity contribution in [3.05, 3.63) is 236 Å². The summed E-state index contributed by atoms with van der Waals surface area (Å²) in [6.45, 7) is 4.68. The van der Waals surface area contributed by atoms with Gasteiger partial charge in [0.2, 0.25) is 0 Å². The average Bonchev–Trinajstić information content (AvgIpc) is 3.84. The summed E-state index contributed by atoms with van der Waals surface area (Å²) in [4.78, 5) is 2.33. The van der Waals surface area contributed by atoms with Crippen molar-refractivity contribution in [2.24, 2.45) is 0 Å². The summed E-state index contributed by atoms with van der Waals surface area (Å²) in [5, 5.41) is 4.73. The van der Waals surface area contributed by atoms with E-state index in [0.717, 1.165) is 44.6 Å². The molecule has 0 aliphatic heterocycles. The molecule has 0 atom stereocenters. The topological polar surface area (TPSA) is 16.4 Å². The quantitative estimate of drug-likeness (QED) is 0.160. The highest BCUT2D eigenvalue weighted by atomic mass is 16.3. The van der Waals surface area contributed by atoms with E-state index >= 15 is 0 Å². The van der Waals surface area contributed by atoms with Gasteiger partial charge in [-0.05, 0) is 132 Å². The normalized spacial score (nSPS) is 12.7. The van der Waals surface area contributed by atoms with Crippen molar-refractivity contribution >= 4 is 49.8 Å². The third-order valence-electron chi connectivity index (χ3n) is 13.3. The molecule has 0 amide bonds. The Kier molecular flexibility index (Phi) is 8.55. The van der Waals surface area contributed by atoms with Gasteiger partial charge in [0, 0.05) is 27.6 Å². The zero-order valence-corrected chi connectivity index (χ0v) is 35.2. The summed E-state index contributed by atoms with van der Waals surface area (Å²) in [5.74, 6) is 0. The molecule has 298 valence electrons. The van der Waals surface area contributed by atoms with Crippen LogP contribution in [0.3, 0.4) is 0 Å². The lowest BCUT2D eigenvalue weighted by Gasteiger charge is -2.26. The first-order chi connectivity index (χ1) is 31.0. The highest BCUT2D eigenvalue weighted by molar-refractivity contribution is 6.10. The van der Waals surface area contributed by atoms with E-state index in [0.29, 0.717) is 0 Å². The van der Waals surface area contributed by atoms with Crippen LogP contribution in [0, 0.1) is 0 Å². The van der Waals surface area contributed by atoms with Gasteiger partial charge in [-0.1, -0.05) is 184 Å². The molecule has 2 heteroatoms. The van der Waals surface area contributed by atoms with Crippen molar-refractivity contribution in [3.63, 3.8) is 0 Å². The van der Waals surface area contributed by atoms with Gasteiger partial charge in [-0.25, -0.2) is 0 Å². The summed E-state index contributed by atoms with van der Waals surface area (Å²) in [7, 11) is 0. The highest BCUT2D eigenvalue weighted by Crippen LogP contribution is 2.50. The van der Waals surface area contributed by atoms with Crippen molar-refractivity contribution in [1.29, 1.82) is 0 Å². The Morgan fingerprint density at radius 2 is 0.857 bits per heavy atom. The van der Waals surface area contributed by atoms with Gasteiger partial charge in [-0.2, -0.15) is 0 Å². The third-order valence-corrected chi connectivity index (χ3v) is 13.3. The number of anilines is 3. The molecule has 0 unspecified atom stereocenters. The Morgan fingerprint density at radius 1 is 0.349 bits per heavy atom. The lowest BCUT2D eigenvalue weighted by molar-refractivity contribution is 0.660. The van der Waals surface area contributed by atoms with Crippen molar-refractivity contribution in [1.82, 2.24) is 0 Å². The molecule has 12 rings (SSSR count). The minimum atomic E-state index is -0.0526. The van der Waals surface area contributed by atoms with Gasteiger partial charge in [0.05, 0.1) is 5.69 Å². The predicted octanol–water partition coefficient (Wildman–Crippen LogP) is 17.2. The summed E-state index contributed by atoms with van der Waals surface area (Å²) in [5.41, 5.74) is 19.8. The monoisotopic (exact) mass is 805 g/mol. The number of para-hydroxylation sites is 2. The number of hydrogen-bond donors (Lipinski definition) is 0. The smallest absolute Gasteiger partial charge is 0.159 e. The molecule has 1 aliphatic rings. The van der Waals surface area contributed by atoms with E-state index in [9.17, 15) is 0 Å². The van der Waals surface area contributed by atoms with E-state index in [1.807, 2.05) is 6.07 Å². The molecular formula is C61H43NO. The van der Waals surface area contributed by atoms with Crippen LogP contribution in [-0.4, -0.2) is 0 Å². The first kappa shape index (κ1) is 36.9. The number of rotatable bonds is 7. The van der Waals surface area contributed by atoms with E-state index in [1.165, 1.54) is 72.0 Å². The minimum Gasteiger partial charge on any atom is -0.454 e. The molecule has 0 bridgehead atoms. The number of fused-ring (bicyclic) bond motifs is 7. The lowest BCUT2D eigenvalue weighted by Crippen LogP contribution is -2.14. The van der Waals surface area contributed by atoms with Crippen LogP contribution in [0.15, 0.2) is 229 Å². The Morgan fingerprint density at radius 3 is 1.60 bits per heavy atom. The summed E-state index contributed by atoms with van der Waals surface area (Å²) < 4.78 is 6.64. The number of nitrogens with zero attached hydrogens (tertiary/aromatic N) is 1. The molecule has 0 saturated heterocycles. The van der Waals surface area contributed by atoms with Crippen LogP contribution in [0.4, 0.5) is 17.1 Å². The number of furan rings is 1. The van der Waals surface area contributed by atoms with Gasteiger partial charge in [0.25, 0.3) is 0 Å². The molecule has 11 aromatic rings. The van der Waals surface area contributed by atoms with E-state index in [-0.39, 0.29) is 5.41 Å². The predicted molar refractivity (Wildman–Crippen MR) is 265 cm³/mol. The minimum absolute atomic E-state index is 0.0526. The van der Waals surface area contributed by atoms with Crippen LogP contribution >= 0.6 is 0 Å². The standard InChI is InChI=1S/C61H43NO/c1-61(2)56-18-7-5-15-52(56)53-36-31-49(39-57(53)61)44-29-34-51(35-30-44)62(58-19-10-17-55-54-16-6-8-20-59(54)63-60(55)58)50-32-27-42(28-33-50)41-21-23-43(24-22-41)46-13-9-14-47(37-46)48-26-25-40-11-3-4-12-45(40)38-48/h3-39H,1-2H3. The molecule has 1 aromatic heterocycles. The Bertz CT molecular complexity index is 3520. The summed E-state index contributed by atoms with van der Waals surface area (Å²) >= 11 is 0. The maximum Gasteiger partial charge on any atom is 0.159 e. The first-order valence-electron chi connectivity index (χ1n) is 21.8. The van der Waals surface area contributed by atoms with E-state index in [2.05, 4.69) is 237 Å². The molecule has 63 heavy (non-hydrogen) atoms. The highest BCUT2D eigenvalue weighted by Gasteiger charge is 2.35. The Hall–Kier alpha value is -7.94. The van der Waals surface area contributed by atoms with Crippen LogP contribution < -0.4 is 4.90 Å². The number of hydrogen-bond acceptors (Lipinski definition) is 2. The van der Waals surface area contributed by atoms with E-state index in [4.69, 9.17) is 4.42 Å². The third kappa shape index (κ3) is 6.25. The molecule has 1 heterocycles. The molecule has 10 aromatic carbocycles. The second-order valence-corrected chi connectivity index (χ2v) is 17.3. The SMILES string of the molecule is CC1(C)c2ccccc2-c2ccc(-c3ccc(N(c4ccc(-c5ccc(-c6cccc(-c7ccc8ccccc8c7)c6)cc5)cc4)c4cccc5c4oc4ccccc45)cc3)cc21. The van der Waals surface area contributed by atoms with Crippen LogP contribution in [0.25, 0.3) is 88.3 Å². The Labute approximate surface area is 368 Å². The van der Waals surface area contributed by atoms with Gasteiger partial charge in [-0.15, -0.1) is 0 Å². The molecule has 0 spiro atoms. The van der Waals surface area contributed by atoms with Gasteiger partial charge in [0.15, 0.2) is 5.58 Å². The number of benzene rings is 10. The van der Waals surface area contributed by atoms with Crippen molar-refractivity contribution in [3.8, 4) is 55.6 Å². The second kappa shape index (κ2) is 14.6. The summed E-state index contributed by atoms with van der Waals surface area (Å²) in [6, 6.07) is 81.5. The molecule has 0 fully saturated rings. The fourth-order valence-corrected chi connectivity index (χ4v) is 9.93. The van der Waals surface area contributed by atoms with Gasteiger partial charge in [0.1, 0.15) is 5.58 Å². The van der Waals surface area contributed by atoms with Crippen LogP contribution in [0.1, 0.15) is 25.0 Å². The first-order valence-corrected chi connectivity index (χ1v) is 21.8. The molecular weight excluding hydrogens is 763 g/mol. The van der Waals surface area contributed by atoms with Crippen molar-refractivity contribution in [2.45, 2.75) is 19.3 Å². The van der Waals surface area contributed by atoms with Crippen LogP contribution in [0.5, 0.6) is 0 Å². The molecule has 2 nitrogen and oxygen atoms in total. The van der Waals surface area contributed by atoms with Gasteiger partial charge in [-0.3, -0.25) is 0 Å². The lowest BCUT2D eigenvalue weighted by atomic mass is 9.81. The molecule has 0 radical (unpaired) electrons. The maximum atomic E-state index is 6.64. The molecule has 0 saturated carbocycles. The van der Waals surface area contributed by atoms with E-state index < -0.39 is 0 Å². The Balaban J connectivity index is 0.877. The molecule has 1 aliphatic carbocycles. The van der Waals surface area contributed by atoms with E-state index in [1.54, 1.807) is 0 Å².